The maximum atomic E-state index is 15.4. The van der Waals surface area contributed by atoms with E-state index in [4.69, 9.17) is 113 Å². The summed E-state index contributed by atoms with van der Waals surface area (Å²) < 4.78 is 104. The van der Waals surface area contributed by atoms with E-state index in [2.05, 4.69) is 46.2 Å². The number of carbonyl (C=O) groups is 4. The first-order chi connectivity index (χ1) is 65.1. The highest BCUT2D eigenvalue weighted by Gasteiger charge is 2.37. The van der Waals surface area contributed by atoms with Crippen LogP contribution in [0.3, 0.4) is 0 Å². The number of nitrogens with zero attached hydrogens (tertiary/aromatic N) is 13. The lowest BCUT2D eigenvalue weighted by Crippen LogP contribution is -2.36. The molecule has 6 unspecified atom stereocenters. The predicted molar refractivity (Wildman–Crippen MR) is 524 cm³/mol. The lowest BCUT2D eigenvalue weighted by atomic mass is 9.89. The molecule has 1 aliphatic carbocycles. The van der Waals surface area contributed by atoms with Gasteiger partial charge in [0.05, 0.1) is 79.5 Å². The van der Waals surface area contributed by atoms with E-state index in [-0.39, 0.29) is 121 Å². The minimum absolute atomic E-state index is 0.0858. The summed E-state index contributed by atoms with van der Waals surface area (Å²) in [6, 6.07) is 6.02. The molecule has 4 amide bonds. The van der Waals surface area contributed by atoms with E-state index in [1.807, 2.05) is 147 Å². The number of nitrogens with one attached hydrogen (secondary N) is 4. The number of hydrogen-bond donors (Lipinski definition) is 8. The number of likely N-dealkylation sites (N-methyl/N-ethyl adjacent to an activating group) is 1. The van der Waals surface area contributed by atoms with Gasteiger partial charge >= 0.3 is 0 Å². The molecular weight excluding hydrogens is 1850 g/mol. The highest BCUT2D eigenvalue weighted by Crippen LogP contribution is 2.46. The fraction of sp³-hybridized carbons (Fsp3) is 0.469. The number of fused-ring (bicyclic) bond motifs is 4. The molecule has 137 heavy (non-hydrogen) atoms. The molecule has 15 rings (SSSR count). The summed E-state index contributed by atoms with van der Waals surface area (Å²) in [5.74, 6) is -2.05. The number of aryl methyl sites for hydroxylation is 4. The Kier molecular flexibility index (Phi) is 34.9. The lowest BCUT2D eigenvalue weighted by molar-refractivity contribution is 0.0168. The van der Waals surface area contributed by atoms with Gasteiger partial charge in [-0.15, -0.1) is 0 Å². The number of halogens is 8. The van der Waals surface area contributed by atoms with Crippen molar-refractivity contribution in [2.24, 2.45) is 5.92 Å². The monoisotopic (exact) mass is 1970 g/mol. The Morgan fingerprint density at radius 1 is 0.401 bits per heavy atom. The molecule has 4 aromatic carbocycles. The van der Waals surface area contributed by atoms with Crippen LogP contribution in [0.2, 0.25) is 20.1 Å². The quantitative estimate of drug-likeness (QED) is 0.0202. The first-order valence-electron chi connectivity index (χ1n) is 46.2. The van der Waals surface area contributed by atoms with Crippen molar-refractivity contribution >= 4 is 115 Å². The summed E-state index contributed by atoms with van der Waals surface area (Å²) in [4.78, 5) is 90.0. The smallest absolute Gasteiger partial charge is 0.258 e. The van der Waals surface area contributed by atoms with Crippen molar-refractivity contribution in [1.29, 1.82) is 0 Å². The molecule has 3 fully saturated rings. The topological polar surface area (TPSA) is 400 Å². The van der Waals surface area contributed by atoms with E-state index in [1.54, 1.807) is 49.6 Å². The van der Waals surface area contributed by atoms with Crippen LogP contribution in [0.25, 0.3) is 22.1 Å². The van der Waals surface area contributed by atoms with Crippen molar-refractivity contribution in [2.75, 3.05) is 83.0 Å². The molecule has 0 radical (unpaired) electrons. The number of aromatic nitrogens is 12. The minimum Gasteiger partial charge on any atom is -0.490 e. The summed E-state index contributed by atoms with van der Waals surface area (Å²) in [5, 5.41) is 10.6. The van der Waals surface area contributed by atoms with Crippen LogP contribution < -0.4 is 63.1 Å². The average Bonchev–Trinajstić information content (AvgIpc) is 1.68. The predicted octanol–water partition coefficient (Wildman–Crippen LogP) is 18.2. The van der Waals surface area contributed by atoms with E-state index >= 15 is 17.6 Å². The zero-order valence-electron chi connectivity index (χ0n) is 80.5. The lowest BCUT2D eigenvalue weighted by Gasteiger charge is -2.24. The Balaban J connectivity index is 0.000000164. The fourth-order valence-corrected chi connectivity index (χ4v) is 18.3. The van der Waals surface area contributed by atoms with Crippen molar-refractivity contribution in [3.05, 3.63) is 208 Å². The molecule has 1 saturated carbocycles. The number of hydrogen-bond acceptors (Lipinski definition) is 23. The number of benzene rings is 4. The van der Waals surface area contributed by atoms with Gasteiger partial charge in [-0.1, -0.05) is 93.4 Å². The Morgan fingerprint density at radius 3 is 0.927 bits per heavy atom. The number of nitrogens with two attached hydrogens (primary N) is 4. The molecule has 2 aliphatic heterocycles. The summed E-state index contributed by atoms with van der Waals surface area (Å²) in [7, 11) is 3.77. The van der Waals surface area contributed by atoms with Gasteiger partial charge in [0.2, 0.25) is 0 Å². The molecule has 736 valence electrons. The average molecular weight is 1970 g/mol. The molecule has 31 nitrogen and oxygen atoms in total. The Labute approximate surface area is 814 Å². The molecule has 12 N–H and O–H groups in total. The van der Waals surface area contributed by atoms with Crippen LogP contribution in [-0.2, 0) is 9.47 Å². The molecule has 6 atom stereocenters. The molecule has 0 spiro atoms. The van der Waals surface area contributed by atoms with Crippen molar-refractivity contribution in [1.82, 2.24) is 83.6 Å². The van der Waals surface area contributed by atoms with Gasteiger partial charge in [-0.05, 0) is 172 Å². The zero-order chi connectivity index (χ0) is 99.6. The first kappa shape index (κ1) is 104. The maximum absolute atomic E-state index is 15.4. The van der Waals surface area contributed by atoms with Gasteiger partial charge in [-0.3, -0.25) is 36.8 Å². The number of anilines is 4. The summed E-state index contributed by atoms with van der Waals surface area (Å²) in [6.45, 7) is 32.9. The van der Waals surface area contributed by atoms with E-state index in [0.29, 0.717) is 147 Å². The van der Waals surface area contributed by atoms with Gasteiger partial charge in [0.1, 0.15) is 114 Å². The number of imidazole rings is 4. The van der Waals surface area contributed by atoms with Crippen LogP contribution >= 0.6 is 46.4 Å². The zero-order valence-corrected chi connectivity index (χ0v) is 83.6. The van der Waals surface area contributed by atoms with E-state index < -0.39 is 64.7 Å². The van der Waals surface area contributed by atoms with Crippen LogP contribution in [0.1, 0.15) is 281 Å². The van der Waals surface area contributed by atoms with Gasteiger partial charge in [0.15, 0.2) is 23.3 Å². The number of nitrogen functional groups attached to an aromatic ring is 4. The fourth-order valence-electron chi connectivity index (χ4n) is 17.5. The Morgan fingerprint density at radius 2 is 0.664 bits per heavy atom. The molecule has 12 aromatic rings. The van der Waals surface area contributed by atoms with Gasteiger partial charge in [-0.2, -0.15) is 0 Å². The van der Waals surface area contributed by atoms with Crippen LogP contribution in [0.5, 0.6) is 23.0 Å². The van der Waals surface area contributed by atoms with Crippen molar-refractivity contribution in [3.63, 3.8) is 0 Å². The Bertz CT molecular complexity index is 6200. The van der Waals surface area contributed by atoms with Gasteiger partial charge < -0.3 is 77.5 Å². The summed E-state index contributed by atoms with van der Waals surface area (Å²) >= 11 is 25.2. The Hall–Kier alpha value is -11.6. The van der Waals surface area contributed by atoms with E-state index in [9.17, 15) is 19.2 Å². The second kappa shape index (κ2) is 45.8. The van der Waals surface area contributed by atoms with Gasteiger partial charge in [0, 0.05) is 141 Å². The number of carbonyl (C=O) groups excluding carboxylic acids is 4. The third-order valence-corrected chi connectivity index (χ3v) is 25.2. The van der Waals surface area contributed by atoms with E-state index in [1.165, 1.54) is 30.7 Å². The molecule has 39 heteroatoms. The van der Waals surface area contributed by atoms with Gasteiger partial charge in [0.25, 0.3) is 23.6 Å². The maximum Gasteiger partial charge on any atom is 0.258 e. The third kappa shape index (κ3) is 23.7. The largest absolute Gasteiger partial charge is 0.490 e. The summed E-state index contributed by atoms with van der Waals surface area (Å²) in [5.41, 5.74) is 31.3. The van der Waals surface area contributed by atoms with Crippen LogP contribution in [0.4, 0.5) is 40.8 Å². The van der Waals surface area contributed by atoms with Gasteiger partial charge in [-0.25, -0.2) is 57.4 Å². The van der Waals surface area contributed by atoms with Crippen molar-refractivity contribution < 1.29 is 65.2 Å². The summed E-state index contributed by atoms with van der Waals surface area (Å²) in [6.07, 6.45) is 22.4. The molecule has 10 heterocycles. The standard InChI is InChI=1S/C26H33ClFN5O2.C25H31ClFN5O3.C24H29ClFN5O3.C23H30ClFN6O2/c1-14(2)35-23-18(15(3)25-32-16(4)22-24(29)30-10-11-33(22)25)12-19(27)21(28)20(23)26(34)31-13-17-8-6-5-7-9-17;1-13(2)35-22-17(14(3)24-31-15(4)21-23(28)29-8-9-32(21)24)11-18(26)20(27)19(22)25(33)30-12-16-7-5-6-10-34-16;1-12(2)34-21-16(13(3)23-30-14(4)20-22(27)28-7-8-31(20)23)10-17(25)19(26)18(21)24(32)29-11-15-6-5-9-33-15;1-12(2)33-20-15(11-16(24)18(25)17(20)23(32)28-7-9-30(5)6)13(3)22-29-14(4)19-21(26)27-8-10-31(19)22/h10-12,14-15,17H,5-9,13H2,1-4H3,(H2,29,30)(H,31,34);8-9,11,13-14,16H,5-7,10,12H2,1-4H3,(H2,28,29)(H,30,33);7-8,10,12-13,15H,5-6,9,11H2,1-4H3,(H2,27,28)(H,29,32);8,10-13H,7,9H2,1-6H3,(H2,26,27)(H,28,32). The second-order valence-corrected chi connectivity index (χ2v) is 37.7. The SMILES string of the molecule is Cc1nc(C(C)c2cc(Cl)c(F)c(C(=O)NCC3CCCCC3)c2OC(C)C)n2ccnc(N)c12.Cc1nc(C(C)c2cc(Cl)c(F)c(C(=O)NCC3CCCCO3)c2OC(C)C)n2ccnc(N)c12.Cc1nc(C(C)c2cc(Cl)c(F)c(C(=O)NCC3CCCO3)c2OC(C)C)n2ccnc(N)c12.Cc1nc(C(C)c2cc(Cl)c(F)c(C(=O)NCCN(C)C)c2OC(C)C)n2ccnc(N)c12. The second-order valence-electron chi connectivity index (χ2n) is 36.1. The van der Waals surface area contributed by atoms with Crippen molar-refractivity contribution in [3.8, 4) is 23.0 Å². The minimum atomic E-state index is -0.823. The van der Waals surface area contributed by atoms with Crippen molar-refractivity contribution in [2.45, 2.75) is 235 Å². The van der Waals surface area contributed by atoms with Crippen LogP contribution in [-0.4, -0.2) is 183 Å². The van der Waals surface area contributed by atoms with Crippen LogP contribution in [0, 0.1) is 56.9 Å². The van der Waals surface area contributed by atoms with E-state index in [0.717, 1.165) is 63.5 Å². The third-order valence-electron chi connectivity index (χ3n) is 24.1. The number of ether oxygens (including phenoxy) is 6. The number of amides is 4. The first-order valence-corrected chi connectivity index (χ1v) is 47.7. The highest BCUT2D eigenvalue weighted by atomic mass is 35.5. The normalized spacial score (nSPS) is 15.5. The highest BCUT2D eigenvalue weighted by molar-refractivity contribution is 6.32. The molecule has 8 aromatic heterocycles. The molecule has 0 bridgehead atoms. The number of rotatable bonds is 29. The molecule has 2 saturated heterocycles. The molecular formula is C98H123Cl4F4N21O10. The molecule has 3 aliphatic rings. The van der Waals surface area contributed by atoms with Crippen LogP contribution in [0.15, 0.2) is 73.8 Å².